The van der Waals surface area contributed by atoms with Gasteiger partial charge in [-0.05, 0) is 49.1 Å². The molecule has 3 aromatic rings. The minimum Gasteiger partial charge on any atom is -0.419 e. The fraction of sp³-hybridized carbons (Fsp3) is 0.385. The average Bonchev–Trinajstić information content (AvgIpc) is 3.25. The van der Waals surface area contributed by atoms with Crippen LogP contribution >= 0.6 is 11.6 Å². The van der Waals surface area contributed by atoms with Crippen LogP contribution in [0.15, 0.2) is 52.9 Å². The Kier molecular flexibility index (Phi) is 8.10. The van der Waals surface area contributed by atoms with E-state index in [4.69, 9.17) is 16.0 Å². The summed E-state index contributed by atoms with van der Waals surface area (Å²) in [6.45, 7) is 10.6. The average molecular weight is 483 g/mol. The molecule has 0 spiro atoms. The van der Waals surface area contributed by atoms with Crippen LogP contribution in [0, 0.1) is 0 Å². The van der Waals surface area contributed by atoms with Gasteiger partial charge in [0.15, 0.2) is 0 Å². The Morgan fingerprint density at radius 1 is 1.06 bits per heavy atom. The molecule has 180 valence electrons. The van der Waals surface area contributed by atoms with Gasteiger partial charge in [-0.2, -0.15) is 0 Å². The summed E-state index contributed by atoms with van der Waals surface area (Å²) < 4.78 is 5.75. The van der Waals surface area contributed by atoms with Gasteiger partial charge < -0.3 is 14.6 Å². The molecule has 0 fully saturated rings. The van der Waals surface area contributed by atoms with Crippen LogP contribution in [-0.2, 0) is 16.8 Å². The minimum atomic E-state index is -0.203. The van der Waals surface area contributed by atoms with Gasteiger partial charge in [-0.15, -0.1) is 10.2 Å². The van der Waals surface area contributed by atoms with Crippen LogP contribution in [0.3, 0.4) is 0 Å². The van der Waals surface area contributed by atoms with Crippen molar-refractivity contribution in [2.24, 2.45) is 0 Å². The third-order valence-electron chi connectivity index (χ3n) is 5.46. The van der Waals surface area contributed by atoms with E-state index in [1.165, 1.54) is 0 Å². The summed E-state index contributed by atoms with van der Waals surface area (Å²) in [7, 11) is 0. The van der Waals surface area contributed by atoms with Gasteiger partial charge in [0.05, 0.1) is 17.1 Å². The molecule has 0 radical (unpaired) electrons. The van der Waals surface area contributed by atoms with E-state index in [0.717, 1.165) is 5.56 Å². The predicted octanol–water partition coefficient (Wildman–Crippen LogP) is 5.24. The van der Waals surface area contributed by atoms with Crippen LogP contribution in [0.25, 0.3) is 11.5 Å². The zero-order chi connectivity index (χ0) is 24.9. The fourth-order valence-corrected chi connectivity index (χ4v) is 3.63. The van der Waals surface area contributed by atoms with E-state index in [1.54, 1.807) is 17.0 Å². The lowest BCUT2D eigenvalue weighted by atomic mass is 9.87. The van der Waals surface area contributed by atoms with Crippen molar-refractivity contribution in [3.63, 3.8) is 0 Å². The molecule has 1 N–H and O–H groups in total. The summed E-state index contributed by atoms with van der Waals surface area (Å²) in [5.41, 5.74) is 2.39. The first-order valence-electron chi connectivity index (χ1n) is 11.3. The summed E-state index contributed by atoms with van der Waals surface area (Å²) in [4.78, 5) is 27.0. The molecule has 8 heteroatoms. The standard InChI is InChI=1S/C26H31ClN4O3/c1-17(2)31(16-22-29-30-25(34-22)20-8-6-7-9-21(20)27)23(32)14-15-28-24(33)18-10-12-19(13-11-18)26(3,4)5/h6-13,17H,14-16H2,1-5H3,(H,28,33). The summed E-state index contributed by atoms with van der Waals surface area (Å²) in [6.07, 6.45) is 0.162. The van der Waals surface area contributed by atoms with Gasteiger partial charge in [-0.1, -0.05) is 56.6 Å². The lowest BCUT2D eigenvalue weighted by molar-refractivity contribution is -0.133. The number of carbonyl (C=O) groups is 2. The van der Waals surface area contributed by atoms with E-state index in [0.29, 0.717) is 27.9 Å². The molecule has 0 atom stereocenters. The first kappa shape index (κ1) is 25.4. The number of hydrogen-bond acceptors (Lipinski definition) is 5. The van der Waals surface area contributed by atoms with Crippen molar-refractivity contribution in [2.75, 3.05) is 6.54 Å². The predicted molar refractivity (Wildman–Crippen MR) is 133 cm³/mol. The van der Waals surface area contributed by atoms with Crippen LogP contribution < -0.4 is 5.32 Å². The Hall–Kier alpha value is -3.19. The van der Waals surface area contributed by atoms with E-state index in [1.807, 2.05) is 50.2 Å². The third kappa shape index (κ3) is 6.44. The maximum Gasteiger partial charge on any atom is 0.251 e. The second kappa shape index (κ2) is 10.8. The molecule has 0 aliphatic heterocycles. The molecule has 2 amide bonds. The largest absolute Gasteiger partial charge is 0.419 e. The molecule has 1 aromatic heterocycles. The lowest BCUT2D eigenvalue weighted by Crippen LogP contribution is -2.38. The SMILES string of the molecule is CC(C)N(Cc1nnc(-c2ccccc2Cl)o1)C(=O)CCNC(=O)c1ccc(C(C)(C)C)cc1. The Labute approximate surface area is 205 Å². The maximum absolute atomic E-state index is 12.9. The molecule has 3 rings (SSSR count). The normalized spacial score (nSPS) is 11.5. The third-order valence-corrected chi connectivity index (χ3v) is 5.79. The first-order chi connectivity index (χ1) is 16.1. The molecule has 34 heavy (non-hydrogen) atoms. The molecule has 7 nitrogen and oxygen atoms in total. The molecular formula is C26H31ClN4O3. The fourth-order valence-electron chi connectivity index (χ4n) is 3.42. The number of aromatic nitrogens is 2. The van der Waals surface area contributed by atoms with Gasteiger partial charge in [0.25, 0.3) is 5.91 Å². The van der Waals surface area contributed by atoms with Gasteiger partial charge in [-0.25, -0.2) is 0 Å². The van der Waals surface area contributed by atoms with E-state index in [9.17, 15) is 9.59 Å². The van der Waals surface area contributed by atoms with Crippen LogP contribution in [-0.4, -0.2) is 39.5 Å². The molecule has 2 aromatic carbocycles. The number of rotatable bonds is 8. The van der Waals surface area contributed by atoms with Gasteiger partial charge in [0, 0.05) is 24.6 Å². The molecule has 0 aliphatic carbocycles. The number of benzene rings is 2. The van der Waals surface area contributed by atoms with E-state index < -0.39 is 0 Å². The van der Waals surface area contributed by atoms with Crippen molar-refractivity contribution in [1.82, 2.24) is 20.4 Å². The zero-order valence-corrected chi connectivity index (χ0v) is 21.0. The minimum absolute atomic E-state index is 0.0220. The second-order valence-electron chi connectivity index (χ2n) is 9.43. The number of halogens is 1. The molecule has 0 saturated carbocycles. The van der Waals surface area contributed by atoms with Crippen LogP contribution in [0.5, 0.6) is 0 Å². The van der Waals surface area contributed by atoms with Gasteiger partial charge in [0.1, 0.15) is 0 Å². The monoisotopic (exact) mass is 482 g/mol. The molecule has 0 unspecified atom stereocenters. The topological polar surface area (TPSA) is 88.3 Å². The van der Waals surface area contributed by atoms with Crippen molar-refractivity contribution in [3.05, 3.63) is 70.6 Å². The second-order valence-corrected chi connectivity index (χ2v) is 9.84. The number of carbonyl (C=O) groups excluding carboxylic acids is 2. The van der Waals surface area contributed by atoms with Crippen LogP contribution in [0.4, 0.5) is 0 Å². The quantitative estimate of drug-likeness (QED) is 0.474. The van der Waals surface area contributed by atoms with E-state index in [2.05, 4.69) is 36.3 Å². The first-order valence-corrected chi connectivity index (χ1v) is 11.7. The molecule has 0 bridgehead atoms. The highest BCUT2D eigenvalue weighted by atomic mass is 35.5. The number of hydrogen-bond donors (Lipinski definition) is 1. The highest BCUT2D eigenvalue weighted by molar-refractivity contribution is 6.33. The molecular weight excluding hydrogens is 452 g/mol. The van der Waals surface area contributed by atoms with Crippen molar-refractivity contribution >= 4 is 23.4 Å². The highest BCUT2D eigenvalue weighted by Crippen LogP contribution is 2.26. The number of nitrogens with zero attached hydrogens (tertiary/aromatic N) is 3. The molecule has 0 saturated heterocycles. The van der Waals surface area contributed by atoms with Crippen molar-refractivity contribution in [1.29, 1.82) is 0 Å². The summed E-state index contributed by atoms with van der Waals surface area (Å²) in [5, 5.41) is 11.5. The summed E-state index contributed by atoms with van der Waals surface area (Å²) in [6, 6.07) is 14.7. The van der Waals surface area contributed by atoms with Crippen LogP contribution in [0.2, 0.25) is 5.02 Å². The number of nitrogens with one attached hydrogen (secondary N) is 1. The Morgan fingerprint density at radius 2 is 1.74 bits per heavy atom. The van der Waals surface area contributed by atoms with Gasteiger partial charge in [0.2, 0.25) is 17.7 Å². The van der Waals surface area contributed by atoms with Crippen molar-refractivity contribution in [2.45, 2.75) is 59.0 Å². The Morgan fingerprint density at radius 3 is 2.35 bits per heavy atom. The molecule has 0 aliphatic rings. The number of amides is 2. The Bertz CT molecular complexity index is 1130. The summed E-state index contributed by atoms with van der Waals surface area (Å²) in [5.74, 6) is 0.308. The maximum atomic E-state index is 12.9. The van der Waals surface area contributed by atoms with E-state index in [-0.39, 0.29) is 42.8 Å². The summed E-state index contributed by atoms with van der Waals surface area (Å²) >= 11 is 6.20. The smallest absolute Gasteiger partial charge is 0.251 e. The Balaban J connectivity index is 1.56. The van der Waals surface area contributed by atoms with E-state index >= 15 is 0 Å². The van der Waals surface area contributed by atoms with Gasteiger partial charge >= 0.3 is 0 Å². The molecule has 1 heterocycles. The lowest BCUT2D eigenvalue weighted by Gasteiger charge is -2.25. The zero-order valence-electron chi connectivity index (χ0n) is 20.3. The van der Waals surface area contributed by atoms with Crippen molar-refractivity contribution in [3.8, 4) is 11.5 Å². The van der Waals surface area contributed by atoms with Gasteiger partial charge in [-0.3, -0.25) is 9.59 Å². The highest BCUT2D eigenvalue weighted by Gasteiger charge is 2.21. The van der Waals surface area contributed by atoms with Crippen LogP contribution in [0.1, 0.15) is 62.9 Å². The van der Waals surface area contributed by atoms with Crippen molar-refractivity contribution < 1.29 is 14.0 Å².